The van der Waals surface area contributed by atoms with Gasteiger partial charge in [-0.15, -0.1) is 0 Å². The number of benzene rings is 1. The van der Waals surface area contributed by atoms with Gasteiger partial charge in [-0.25, -0.2) is 0 Å². The first-order valence-electron chi connectivity index (χ1n) is 3.34. The van der Waals surface area contributed by atoms with Crippen LogP contribution in [0.15, 0.2) is 28.7 Å². The second kappa shape index (κ2) is 5.58. The van der Waals surface area contributed by atoms with Crippen LogP contribution in [0.2, 0.25) is 0 Å². The Hall–Kier alpha value is 0.540. The Morgan fingerprint density at radius 3 is 1.93 bits per heavy atom. The molecule has 14 heavy (non-hydrogen) atoms. The summed E-state index contributed by atoms with van der Waals surface area (Å²) in [6, 6.07) is 6.35. The van der Waals surface area contributed by atoms with Crippen LogP contribution in [-0.2, 0) is 3.41 Å². The fraction of sp³-hybridized carbons (Fsp3) is 0.143. The largest absolute Gasteiger partial charge is 0.225 e. The zero-order valence-electron chi connectivity index (χ0n) is 6.55. The standard InChI is InChI=1S/C7H4BrF3S3/c8-6-4-2-1-3-5(6)7(12-9,13-10)14-11/h1-4H. The summed E-state index contributed by atoms with van der Waals surface area (Å²) in [6.07, 6.45) is 0. The Labute approximate surface area is 101 Å². The highest BCUT2D eigenvalue weighted by molar-refractivity contribution is 9.10. The van der Waals surface area contributed by atoms with Gasteiger partial charge in [0.15, 0.2) is 0 Å². The highest BCUT2D eigenvalue weighted by Gasteiger charge is 2.40. The molecule has 0 fully saturated rings. The summed E-state index contributed by atoms with van der Waals surface area (Å²) >= 11 is 2.01. The van der Waals surface area contributed by atoms with Gasteiger partial charge in [0.1, 0.15) is 0 Å². The van der Waals surface area contributed by atoms with E-state index in [0.29, 0.717) is 4.47 Å². The monoisotopic (exact) mass is 320 g/mol. The lowest BCUT2D eigenvalue weighted by Gasteiger charge is -2.20. The molecule has 0 atom stereocenters. The van der Waals surface area contributed by atoms with Crippen molar-refractivity contribution in [1.82, 2.24) is 0 Å². The Morgan fingerprint density at radius 1 is 1.00 bits per heavy atom. The quantitative estimate of drug-likeness (QED) is 0.680. The molecule has 7 heteroatoms. The smallest absolute Gasteiger partial charge is 0.162 e. The molecular formula is C7H4BrF3S3. The molecule has 0 unspecified atom stereocenters. The van der Waals surface area contributed by atoms with Gasteiger partial charge in [-0.3, -0.25) is 0 Å². The van der Waals surface area contributed by atoms with Gasteiger partial charge in [-0.1, -0.05) is 34.1 Å². The lowest BCUT2D eigenvalue weighted by molar-refractivity contribution is 0.872. The normalized spacial score (nSPS) is 11.7. The number of halogens is 4. The van der Waals surface area contributed by atoms with Crippen LogP contribution in [-0.4, -0.2) is 0 Å². The van der Waals surface area contributed by atoms with Gasteiger partial charge in [0, 0.05) is 10.0 Å². The van der Waals surface area contributed by atoms with E-state index in [0.717, 1.165) is 0 Å². The van der Waals surface area contributed by atoms with E-state index in [4.69, 9.17) is 0 Å². The second-order valence-electron chi connectivity index (χ2n) is 2.27. The summed E-state index contributed by atoms with van der Waals surface area (Å²) in [6.45, 7) is 0. The Kier molecular flexibility index (Phi) is 5.02. The molecule has 0 aliphatic carbocycles. The van der Waals surface area contributed by atoms with Crippen molar-refractivity contribution < 1.29 is 11.7 Å². The molecule has 0 radical (unpaired) electrons. The fourth-order valence-electron chi connectivity index (χ4n) is 0.870. The predicted octanol–water partition coefficient (Wildman–Crippen LogP) is 5.41. The van der Waals surface area contributed by atoms with Gasteiger partial charge in [-0.05, 0) is 6.07 Å². The Balaban J connectivity index is 3.17. The van der Waals surface area contributed by atoms with Crippen molar-refractivity contribution in [2.24, 2.45) is 0 Å². The van der Waals surface area contributed by atoms with Gasteiger partial charge < -0.3 is 0 Å². The van der Waals surface area contributed by atoms with Crippen molar-refractivity contribution >= 4 is 52.4 Å². The average Bonchev–Trinajstić information content (AvgIpc) is 2.24. The van der Waals surface area contributed by atoms with E-state index in [1.54, 1.807) is 18.2 Å². The van der Waals surface area contributed by atoms with E-state index in [9.17, 15) is 11.7 Å². The molecule has 0 N–H and O–H groups in total. The maximum Gasteiger partial charge on any atom is 0.225 e. The van der Waals surface area contributed by atoms with Crippen molar-refractivity contribution in [2.45, 2.75) is 3.41 Å². The first-order valence-corrected chi connectivity index (χ1v) is 6.29. The molecule has 0 aliphatic rings. The van der Waals surface area contributed by atoms with Crippen molar-refractivity contribution in [3.05, 3.63) is 34.3 Å². The molecule has 0 bridgehead atoms. The third kappa shape index (κ3) is 2.37. The predicted molar refractivity (Wildman–Crippen MR) is 61.9 cm³/mol. The maximum absolute atomic E-state index is 12.6. The summed E-state index contributed by atoms with van der Waals surface area (Å²) in [5, 5.41) is 0. The van der Waals surface area contributed by atoms with E-state index < -0.39 is 3.41 Å². The highest BCUT2D eigenvalue weighted by atomic mass is 79.9. The minimum absolute atomic E-state index is 0.229. The van der Waals surface area contributed by atoms with Crippen LogP contribution in [0.1, 0.15) is 5.56 Å². The summed E-state index contributed by atoms with van der Waals surface area (Å²) in [7, 11) is 0. The molecule has 0 nitrogen and oxygen atoms in total. The van der Waals surface area contributed by atoms with Crippen LogP contribution in [0.3, 0.4) is 0 Å². The molecule has 0 saturated carbocycles. The first-order chi connectivity index (χ1) is 6.70. The van der Waals surface area contributed by atoms with Gasteiger partial charge >= 0.3 is 0 Å². The van der Waals surface area contributed by atoms with Crippen LogP contribution in [0, 0.1) is 0 Å². The Bertz CT molecular complexity index is 298. The molecule has 1 aromatic carbocycles. The topological polar surface area (TPSA) is 0 Å². The van der Waals surface area contributed by atoms with E-state index in [2.05, 4.69) is 15.9 Å². The van der Waals surface area contributed by atoms with Crippen molar-refractivity contribution in [3.63, 3.8) is 0 Å². The zero-order chi connectivity index (χ0) is 10.6. The molecule has 0 saturated heterocycles. The van der Waals surface area contributed by atoms with E-state index in [-0.39, 0.29) is 42.0 Å². The van der Waals surface area contributed by atoms with Gasteiger partial charge in [0.05, 0.1) is 36.4 Å². The summed E-state index contributed by atoms with van der Waals surface area (Å²) in [5.41, 5.74) is 0.229. The number of hydrogen-bond acceptors (Lipinski definition) is 3. The molecule has 0 heterocycles. The number of rotatable bonds is 4. The maximum atomic E-state index is 12.6. The third-order valence-electron chi connectivity index (χ3n) is 1.51. The van der Waals surface area contributed by atoms with Crippen molar-refractivity contribution in [3.8, 4) is 0 Å². The van der Waals surface area contributed by atoms with E-state index >= 15 is 0 Å². The highest BCUT2D eigenvalue weighted by Crippen LogP contribution is 2.58. The molecule has 0 spiro atoms. The minimum atomic E-state index is -1.89. The minimum Gasteiger partial charge on any atom is -0.162 e. The fourth-order valence-corrected chi connectivity index (χ4v) is 2.91. The molecular weight excluding hydrogens is 317 g/mol. The van der Waals surface area contributed by atoms with Crippen LogP contribution in [0.5, 0.6) is 0 Å². The second-order valence-corrected chi connectivity index (χ2v) is 6.20. The van der Waals surface area contributed by atoms with Crippen molar-refractivity contribution in [2.75, 3.05) is 0 Å². The molecule has 1 rings (SSSR count). The molecule has 1 aromatic rings. The summed E-state index contributed by atoms with van der Waals surface area (Å²) in [5.74, 6) is 0. The van der Waals surface area contributed by atoms with Gasteiger partial charge in [-0.2, -0.15) is 11.7 Å². The lowest BCUT2D eigenvalue weighted by Crippen LogP contribution is -2.08. The van der Waals surface area contributed by atoms with Crippen LogP contribution in [0.4, 0.5) is 11.7 Å². The van der Waals surface area contributed by atoms with Crippen LogP contribution < -0.4 is 0 Å². The Morgan fingerprint density at radius 2 is 1.50 bits per heavy atom. The van der Waals surface area contributed by atoms with E-state index in [1.807, 2.05) is 0 Å². The molecule has 78 valence electrons. The van der Waals surface area contributed by atoms with E-state index in [1.165, 1.54) is 6.07 Å². The van der Waals surface area contributed by atoms with Crippen LogP contribution in [0.25, 0.3) is 0 Å². The third-order valence-corrected chi connectivity index (χ3v) is 4.60. The molecule has 0 amide bonds. The van der Waals surface area contributed by atoms with Gasteiger partial charge in [0.2, 0.25) is 3.41 Å². The molecule has 0 aliphatic heterocycles. The summed E-state index contributed by atoms with van der Waals surface area (Å²) < 4.78 is 36.2. The van der Waals surface area contributed by atoms with Crippen LogP contribution >= 0.6 is 52.4 Å². The first kappa shape index (κ1) is 12.6. The average molecular weight is 321 g/mol. The van der Waals surface area contributed by atoms with Crippen molar-refractivity contribution in [1.29, 1.82) is 0 Å². The summed E-state index contributed by atoms with van der Waals surface area (Å²) in [4.78, 5) is 0. The zero-order valence-corrected chi connectivity index (χ0v) is 10.6. The SMILES string of the molecule is FSC(SF)(SF)c1ccccc1Br. The lowest BCUT2D eigenvalue weighted by atomic mass is 10.2. The molecule has 0 aromatic heterocycles. The van der Waals surface area contributed by atoms with Gasteiger partial charge in [0.25, 0.3) is 0 Å². The number of hydrogen-bond donors (Lipinski definition) is 0.